The van der Waals surface area contributed by atoms with Crippen LogP contribution < -0.4 is 0 Å². The van der Waals surface area contributed by atoms with Crippen LogP contribution in [0.2, 0.25) is 0 Å². The minimum absolute atomic E-state index is 0.0828. The van der Waals surface area contributed by atoms with Gasteiger partial charge in [0.15, 0.2) is 6.10 Å². The first-order valence-electron chi connectivity index (χ1n) is 28.8. The molecule has 0 heterocycles. The Hall–Kier alpha value is -5.49. The lowest BCUT2D eigenvalue weighted by Gasteiger charge is -2.18. The molecule has 0 saturated heterocycles. The van der Waals surface area contributed by atoms with Gasteiger partial charge in [0, 0.05) is 12.8 Å². The van der Waals surface area contributed by atoms with E-state index in [0.29, 0.717) is 19.3 Å². The fraction of sp³-hybridized carbons (Fsp3) is 0.515. The van der Waals surface area contributed by atoms with Crippen molar-refractivity contribution in [1.29, 1.82) is 0 Å². The van der Waals surface area contributed by atoms with E-state index in [2.05, 4.69) is 191 Å². The molecule has 0 bridgehead atoms. The third kappa shape index (κ3) is 57.4. The van der Waals surface area contributed by atoms with E-state index in [1.54, 1.807) is 6.08 Å². The molecule has 0 aliphatic rings. The molecule has 0 aliphatic heterocycles. The molecule has 0 spiro atoms. The SMILES string of the molecule is CC/C=C\C/C=C\C/C=C\C/C=C\C/C=C\C/C=C\C/C=C\C/C=C\C/C=C\C/C=C\CCCCCCC(=O)OCC(COC(=O)CCCCCCCC)OC(=O)C/C=C\C/C=C\C/C=C\C/C=C\C/C=C\CC. The van der Waals surface area contributed by atoms with Crippen LogP contribution in [0.1, 0.15) is 207 Å². The Kier molecular flexibility index (Phi) is 55.6. The van der Waals surface area contributed by atoms with Crippen molar-refractivity contribution in [1.82, 2.24) is 0 Å². The zero-order chi connectivity index (χ0) is 53.6. The molecule has 0 aromatic rings. The lowest BCUT2D eigenvalue weighted by molar-refractivity contribution is -0.166. The van der Waals surface area contributed by atoms with Crippen molar-refractivity contribution < 1.29 is 28.6 Å². The molecule has 0 aromatic carbocycles. The molecule has 0 aromatic heterocycles. The van der Waals surface area contributed by atoms with E-state index in [0.717, 1.165) is 141 Å². The summed E-state index contributed by atoms with van der Waals surface area (Å²) in [5, 5.41) is 0. The summed E-state index contributed by atoms with van der Waals surface area (Å²) in [6.45, 7) is 6.20. The Balaban J connectivity index is 4.26. The van der Waals surface area contributed by atoms with E-state index >= 15 is 0 Å². The second-order valence-corrected chi connectivity index (χ2v) is 18.1. The molecule has 0 amide bonds. The fourth-order valence-corrected chi connectivity index (χ4v) is 6.95. The molecule has 74 heavy (non-hydrogen) atoms. The van der Waals surface area contributed by atoms with Crippen LogP contribution in [0, 0.1) is 0 Å². The summed E-state index contributed by atoms with van der Waals surface area (Å²) in [6.07, 6.45) is 90.9. The van der Waals surface area contributed by atoms with Crippen molar-refractivity contribution in [2.45, 2.75) is 213 Å². The highest BCUT2D eigenvalue weighted by Crippen LogP contribution is 2.11. The maximum atomic E-state index is 12.7. The van der Waals surface area contributed by atoms with Gasteiger partial charge in [-0.05, 0) is 122 Å². The van der Waals surface area contributed by atoms with E-state index in [1.165, 1.54) is 19.3 Å². The summed E-state index contributed by atoms with van der Waals surface area (Å²) in [6, 6.07) is 0. The van der Waals surface area contributed by atoms with Crippen LogP contribution in [0.5, 0.6) is 0 Å². The number of allylic oxidation sites excluding steroid dienone is 29. The van der Waals surface area contributed by atoms with Gasteiger partial charge in [0.2, 0.25) is 0 Å². The highest BCUT2D eigenvalue weighted by Gasteiger charge is 2.19. The Morgan fingerprint density at radius 1 is 0.297 bits per heavy atom. The molecule has 1 unspecified atom stereocenters. The minimum Gasteiger partial charge on any atom is -0.462 e. The summed E-state index contributed by atoms with van der Waals surface area (Å²) in [5.41, 5.74) is 0. The van der Waals surface area contributed by atoms with Gasteiger partial charge in [0.25, 0.3) is 0 Å². The number of hydrogen-bond donors (Lipinski definition) is 0. The molecule has 0 N–H and O–H groups in total. The van der Waals surface area contributed by atoms with Crippen molar-refractivity contribution in [2.24, 2.45) is 0 Å². The van der Waals surface area contributed by atoms with Gasteiger partial charge in [-0.15, -0.1) is 0 Å². The standard InChI is InChI=1S/C68H102O6/c1-4-7-10-13-16-18-20-22-24-25-26-27-28-29-30-31-32-33-34-35-36-37-38-39-40-41-42-43-45-46-48-50-52-55-58-61-67(70)73-64-65(63-72-66(69)60-57-54-15-12-9-6-3)74-68(71)62-59-56-53-51-49-47-44-23-21-19-17-14-11-8-5-2/h7-8,10-11,16-19,22-24,26-27,29-30,32-33,35-36,38-39,41-42,44-46,49,51,56,59,65H,4-6,9,12-15,20-21,25,28,31,34,37,40,43,47-48,50,52-55,57-58,60-64H2,1-3H3/b10-7-,11-8-,18-16-,19-17-,24-22-,27-26-,30-29-,33-32-,36-35-,39-38-,42-41-,44-23-,46-45-,51-49-,59-56-. The van der Waals surface area contributed by atoms with E-state index in [1.807, 2.05) is 6.08 Å². The predicted molar refractivity (Wildman–Crippen MR) is 320 cm³/mol. The topological polar surface area (TPSA) is 78.9 Å². The molecule has 0 rings (SSSR count). The van der Waals surface area contributed by atoms with Crippen molar-refractivity contribution in [3.63, 3.8) is 0 Å². The van der Waals surface area contributed by atoms with Crippen LogP contribution in [0.15, 0.2) is 182 Å². The van der Waals surface area contributed by atoms with Crippen LogP contribution >= 0.6 is 0 Å². The first kappa shape index (κ1) is 68.5. The van der Waals surface area contributed by atoms with Gasteiger partial charge in [-0.25, -0.2) is 0 Å². The zero-order valence-corrected chi connectivity index (χ0v) is 46.8. The lowest BCUT2D eigenvalue weighted by atomic mass is 10.1. The average molecular weight is 1020 g/mol. The first-order valence-corrected chi connectivity index (χ1v) is 28.8. The van der Waals surface area contributed by atoms with E-state index in [-0.39, 0.29) is 31.6 Å². The van der Waals surface area contributed by atoms with Gasteiger partial charge in [-0.3, -0.25) is 14.4 Å². The highest BCUT2D eigenvalue weighted by atomic mass is 16.6. The predicted octanol–water partition coefficient (Wildman–Crippen LogP) is 19.7. The molecule has 0 radical (unpaired) electrons. The van der Waals surface area contributed by atoms with Crippen LogP contribution in [-0.4, -0.2) is 37.2 Å². The zero-order valence-electron chi connectivity index (χ0n) is 46.8. The summed E-state index contributed by atoms with van der Waals surface area (Å²) < 4.78 is 16.6. The van der Waals surface area contributed by atoms with Gasteiger partial charge in [-0.2, -0.15) is 0 Å². The van der Waals surface area contributed by atoms with Crippen LogP contribution in [0.4, 0.5) is 0 Å². The molecule has 0 saturated carbocycles. The van der Waals surface area contributed by atoms with Crippen molar-refractivity contribution in [2.75, 3.05) is 13.2 Å². The van der Waals surface area contributed by atoms with Gasteiger partial charge in [-0.1, -0.05) is 248 Å². The first-order chi connectivity index (χ1) is 36.5. The molecule has 6 nitrogen and oxygen atoms in total. The maximum absolute atomic E-state index is 12.7. The van der Waals surface area contributed by atoms with E-state index in [4.69, 9.17) is 14.2 Å². The van der Waals surface area contributed by atoms with E-state index in [9.17, 15) is 14.4 Å². The summed E-state index contributed by atoms with van der Waals surface area (Å²) in [5.74, 6) is -1.12. The number of esters is 3. The Morgan fingerprint density at radius 3 is 0.892 bits per heavy atom. The molecular formula is C68H102O6. The van der Waals surface area contributed by atoms with Crippen molar-refractivity contribution in [3.05, 3.63) is 182 Å². The Bertz CT molecular complexity index is 1780. The largest absolute Gasteiger partial charge is 0.462 e. The number of carbonyl (C=O) groups is 3. The van der Waals surface area contributed by atoms with Gasteiger partial charge >= 0.3 is 17.9 Å². The number of ether oxygens (including phenoxy) is 3. The molecule has 6 heteroatoms. The quantitative estimate of drug-likeness (QED) is 0.0261. The summed E-state index contributed by atoms with van der Waals surface area (Å²) in [7, 11) is 0. The Morgan fingerprint density at radius 2 is 0.568 bits per heavy atom. The van der Waals surface area contributed by atoms with Crippen molar-refractivity contribution >= 4 is 17.9 Å². The van der Waals surface area contributed by atoms with Gasteiger partial charge < -0.3 is 14.2 Å². The number of carbonyl (C=O) groups excluding carboxylic acids is 3. The monoisotopic (exact) mass is 1010 g/mol. The number of unbranched alkanes of at least 4 members (excludes halogenated alkanes) is 9. The molecular weight excluding hydrogens is 913 g/mol. The Labute approximate surface area is 453 Å². The van der Waals surface area contributed by atoms with Gasteiger partial charge in [0.1, 0.15) is 13.2 Å². The van der Waals surface area contributed by atoms with Crippen LogP contribution in [0.3, 0.4) is 0 Å². The third-order valence-electron chi connectivity index (χ3n) is 11.2. The second-order valence-electron chi connectivity index (χ2n) is 18.1. The van der Waals surface area contributed by atoms with Crippen molar-refractivity contribution in [3.8, 4) is 0 Å². The smallest absolute Gasteiger partial charge is 0.310 e. The number of hydrogen-bond acceptors (Lipinski definition) is 6. The van der Waals surface area contributed by atoms with E-state index < -0.39 is 12.1 Å². The molecule has 1 atom stereocenters. The molecule has 0 aliphatic carbocycles. The lowest BCUT2D eigenvalue weighted by Crippen LogP contribution is -2.30. The fourth-order valence-electron chi connectivity index (χ4n) is 6.95. The maximum Gasteiger partial charge on any atom is 0.310 e. The molecule has 410 valence electrons. The average Bonchev–Trinajstić information content (AvgIpc) is 3.40. The highest BCUT2D eigenvalue weighted by molar-refractivity contribution is 5.72. The molecule has 0 fully saturated rings. The normalized spacial score (nSPS) is 13.5. The van der Waals surface area contributed by atoms with Crippen LogP contribution in [-0.2, 0) is 28.6 Å². The summed E-state index contributed by atoms with van der Waals surface area (Å²) >= 11 is 0. The van der Waals surface area contributed by atoms with Crippen LogP contribution in [0.25, 0.3) is 0 Å². The number of rotatable bonds is 49. The second kappa shape index (κ2) is 60.1. The minimum atomic E-state index is -0.848. The van der Waals surface area contributed by atoms with Gasteiger partial charge in [0.05, 0.1) is 6.42 Å². The summed E-state index contributed by atoms with van der Waals surface area (Å²) in [4.78, 5) is 37.7. The third-order valence-corrected chi connectivity index (χ3v) is 11.2.